The van der Waals surface area contributed by atoms with Crippen LogP contribution in [0.3, 0.4) is 0 Å². The zero-order valence-electron chi connectivity index (χ0n) is 20.4. The first kappa shape index (κ1) is 25.6. The van der Waals surface area contributed by atoms with Crippen molar-refractivity contribution in [3.63, 3.8) is 0 Å². The minimum absolute atomic E-state index is 0.0804. The maximum Gasteiger partial charge on any atom is 0.260 e. The van der Waals surface area contributed by atoms with Gasteiger partial charge in [-0.2, -0.15) is 5.26 Å². The van der Waals surface area contributed by atoms with Crippen molar-refractivity contribution in [2.75, 3.05) is 18.4 Å². The van der Waals surface area contributed by atoms with Crippen molar-refractivity contribution in [2.45, 2.75) is 51.1 Å². The molecule has 0 spiro atoms. The number of nitrogens with zero attached hydrogens (tertiary/aromatic N) is 3. The fourth-order valence-electron chi connectivity index (χ4n) is 4.91. The summed E-state index contributed by atoms with van der Waals surface area (Å²) < 4.78 is 16.1. The highest BCUT2D eigenvalue weighted by atomic mass is 35.5. The maximum atomic E-state index is 14.9. The molecule has 1 aliphatic heterocycles. The number of hydrogen-bond acceptors (Lipinski definition) is 4. The first-order chi connectivity index (χ1) is 17.1. The van der Waals surface area contributed by atoms with E-state index in [9.17, 15) is 24.0 Å². The Morgan fingerprint density at radius 2 is 1.83 bits per heavy atom. The third-order valence-corrected chi connectivity index (χ3v) is 7.26. The van der Waals surface area contributed by atoms with Crippen molar-refractivity contribution in [2.24, 2.45) is 7.05 Å². The Balaban J connectivity index is 1.55. The van der Waals surface area contributed by atoms with Crippen LogP contribution in [0.25, 0.3) is 6.08 Å². The highest BCUT2D eigenvalue weighted by molar-refractivity contribution is 6.31. The lowest BCUT2D eigenvalue weighted by Gasteiger charge is -2.33. The number of piperidine rings is 1. The van der Waals surface area contributed by atoms with E-state index in [0.29, 0.717) is 55.0 Å². The van der Waals surface area contributed by atoms with Gasteiger partial charge in [0.1, 0.15) is 11.8 Å². The van der Waals surface area contributed by atoms with Gasteiger partial charge in [-0.3, -0.25) is 14.4 Å². The molecule has 1 aromatic carbocycles. The highest BCUT2D eigenvalue weighted by Crippen LogP contribution is 2.36. The number of nitrogens with one attached hydrogen (secondary N) is 1. The lowest BCUT2D eigenvalue weighted by molar-refractivity contribution is -0.144. The van der Waals surface area contributed by atoms with Crippen LogP contribution in [0.15, 0.2) is 34.6 Å². The van der Waals surface area contributed by atoms with Crippen molar-refractivity contribution in [3.8, 4) is 6.07 Å². The lowest BCUT2D eigenvalue weighted by Crippen LogP contribution is -2.47. The molecule has 1 aliphatic carbocycles. The number of amides is 2. The number of hydrogen-bond donors (Lipinski definition) is 1. The Morgan fingerprint density at radius 1 is 1.17 bits per heavy atom. The average Bonchev–Trinajstić information content (AvgIpc) is 3.30. The number of rotatable bonds is 4. The van der Waals surface area contributed by atoms with E-state index in [1.807, 2.05) is 19.1 Å². The third kappa shape index (κ3) is 5.21. The molecule has 2 aliphatic rings. The van der Waals surface area contributed by atoms with Gasteiger partial charge in [-0.25, -0.2) is 4.39 Å². The van der Waals surface area contributed by atoms with Gasteiger partial charge in [-0.1, -0.05) is 23.3 Å². The highest BCUT2D eigenvalue weighted by Gasteiger charge is 2.44. The largest absolute Gasteiger partial charge is 0.339 e. The molecule has 2 aromatic rings. The van der Waals surface area contributed by atoms with Gasteiger partial charge in [-0.05, 0) is 74.8 Å². The number of nitriles is 1. The number of benzene rings is 1. The molecule has 2 amide bonds. The number of halogens is 2. The number of pyridine rings is 1. The molecule has 4 rings (SSSR count). The molecule has 2 heterocycles. The van der Waals surface area contributed by atoms with Crippen molar-refractivity contribution in [1.82, 2.24) is 9.47 Å². The monoisotopic (exact) mass is 510 g/mol. The van der Waals surface area contributed by atoms with Gasteiger partial charge < -0.3 is 14.8 Å². The Bertz CT molecular complexity index is 1340. The van der Waals surface area contributed by atoms with Crippen LogP contribution in [0.1, 0.15) is 65.7 Å². The van der Waals surface area contributed by atoms with E-state index in [0.717, 1.165) is 24.0 Å². The van der Waals surface area contributed by atoms with Crippen LogP contribution in [0.2, 0.25) is 5.02 Å². The normalized spacial score (nSPS) is 17.0. The average molecular weight is 511 g/mol. The summed E-state index contributed by atoms with van der Waals surface area (Å²) >= 11 is 6.31. The van der Waals surface area contributed by atoms with Crippen LogP contribution in [-0.2, 0) is 11.8 Å². The second kappa shape index (κ2) is 10.3. The second-order valence-corrected chi connectivity index (χ2v) is 9.98. The summed E-state index contributed by atoms with van der Waals surface area (Å²) in [7, 11) is 1.47. The first-order valence-electron chi connectivity index (χ1n) is 12.0. The number of likely N-dealkylation sites (tertiary alicyclic amines) is 1. The van der Waals surface area contributed by atoms with Crippen LogP contribution >= 0.6 is 11.6 Å². The van der Waals surface area contributed by atoms with Gasteiger partial charge >= 0.3 is 0 Å². The Kier molecular flexibility index (Phi) is 7.32. The third-order valence-electron chi connectivity index (χ3n) is 7.04. The van der Waals surface area contributed by atoms with Crippen LogP contribution < -0.4 is 10.9 Å². The summed E-state index contributed by atoms with van der Waals surface area (Å²) in [5.74, 6) is -0.907. The molecule has 188 valence electrons. The number of aryl methyl sites for hydroxylation is 1. The SMILES string of the molecule is Cc1cc(Cl)cc(C=C2CCN(C(=O)C3(F)CCCC3)CC2)c1NC(=O)c1cc(C#N)n(C)c(=O)c1. The van der Waals surface area contributed by atoms with Crippen LogP contribution in [0, 0.1) is 18.3 Å². The molecule has 36 heavy (non-hydrogen) atoms. The van der Waals surface area contributed by atoms with E-state index in [1.165, 1.54) is 23.7 Å². The van der Waals surface area contributed by atoms with Gasteiger partial charge in [0.25, 0.3) is 17.4 Å². The molecule has 7 nitrogen and oxygen atoms in total. The van der Waals surface area contributed by atoms with E-state index < -0.39 is 23.0 Å². The number of aromatic nitrogens is 1. The first-order valence-corrected chi connectivity index (χ1v) is 12.4. The summed E-state index contributed by atoms with van der Waals surface area (Å²) in [5.41, 5.74) is 1.04. The molecule has 0 radical (unpaired) electrons. The summed E-state index contributed by atoms with van der Waals surface area (Å²) in [6.45, 7) is 2.71. The molecule has 0 bridgehead atoms. The predicted molar refractivity (Wildman–Crippen MR) is 137 cm³/mol. The molecule has 9 heteroatoms. The summed E-state index contributed by atoms with van der Waals surface area (Å²) in [6.07, 6.45) is 5.25. The molecule has 0 unspecified atom stereocenters. The zero-order chi connectivity index (χ0) is 26.0. The Labute approximate surface area is 214 Å². The maximum absolute atomic E-state index is 14.9. The molecule has 1 saturated heterocycles. The van der Waals surface area contributed by atoms with Gasteiger partial charge in [0.05, 0.1) is 5.69 Å². The smallest absolute Gasteiger partial charge is 0.260 e. The molecule has 2 fully saturated rings. The van der Waals surface area contributed by atoms with E-state index in [1.54, 1.807) is 17.0 Å². The summed E-state index contributed by atoms with van der Waals surface area (Å²) in [4.78, 5) is 39.5. The molecular weight excluding hydrogens is 483 g/mol. The van der Waals surface area contributed by atoms with Crippen molar-refractivity contribution < 1.29 is 14.0 Å². The van der Waals surface area contributed by atoms with Crippen molar-refractivity contribution in [3.05, 3.63) is 67.6 Å². The standard InChI is InChI=1S/C27H28ClFN4O3/c1-17-11-21(28)13-19(24(17)31-25(35)20-14-22(16-30)32(2)23(34)15-20)12-18-5-9-33(10-6-18)26(36)27(29)7-3-4-8-27/h11-15H,3-10H2,1-2H3,(H,31,35). The van der Waals surface area contributed by atoms with Crippen LogP contribution in [0.4, 0.5) is 10.1 Å². The number of anilines is 1. The number of alkyl halides is 1. The van der Waals surface area contributed by atoms with Crippen LogP contribution in [-0.4, -0.2) is 40.0 Å². The molecular formula is C27H28ClFN4O3. The predicted octanol–water partition coefficient (Wildman–Crippen LogP) is 4.76. The minimum atomic E-state index is -1.72. The number of carbonyl (C=O) groups excluding carboxylic acids is 2. The van der Waals surface area contributed by atoms with Gasteiger partial charge in [0.15, 0.2) is 5.67 Å². The van der Waals surface area contributed by atoms with Crippen molar-refractivity contribution >= 4 is 35.2 Å². The van der Waals surface area contributed by atoms with Crippen molar-refractivity contribution in [1.29, 1.82) is 5.26 Å². The molecule has 1 N–H and O–H groups in total. The quantitative estimate of drug-likeness (QED) is 0.641. The molecule has 1 aromatic heterocycles. The zero-order valence-corrected chi connectivity index (χ0v) is 21.1. The van der Waals surface area contributed by atoms with Crippen LogP contribution in [0.5, 0.6) is 0 Å². The van der Waals surface area contributed by atoms with Gasteiger partial charge in [-0.15, -0.1) is 0 Å². The minimum Gasteiger partial charge on any atom is -0.339 e. The topological polar surface area (TPSA) is 95.2 Å². The van der Waals surface area contributed by atoms with E-state index in [4.69, 9.17) is 11.6 Å². The van der Waals surface area contributed by atoms with E-state index in [-0.39, 0.29) is 11.3 Å². The van der Waals surface area contributed by atoms with Gasteiger partial charge in [0.2, 0.25) is 0 Å². The Hall–Kier alpha value is -3.44. The lowest BCUT2D eigenvalue weighted by atomic mass is 9.96. The summed E-state index contributed by atoms with van der Waals surface area (Å²) in [6, 6.07) is 7.95. The van der Waals surface area contributed by atoms with E-state index >= 15 is 0 Å². The number of carbonyl (C=O) groups is 2. The molecule has 1 saturated carbocycles. The fraction of sp³-hybridized carbons (Fsp3) is 0.407. The fourth-order valence-corrected chi connectivity index (χ4v) is 5.19. The van der Waals surface area contributed by atoms with Gasteiger partial charge in [0, 0.05) is 36.8 Å². The molecule has 0 atom stereocenters. The second-order valence-electron chi connectivity index (χ2n) is 9.55. The summed E-state index contributed by atoms with van der Waals surface area (Å²) in [5, 5.41) is 12.6. The Morgan fingerprint density at radius 3 is 2.47 bits per heavy atom. The van der Waals surface area contributed by atoms with E-state index in [2.05, 4.69) is 5.32 Å².